The van der Waals surface area contributed by atoms with E-state index in [0.29, 0.717) is 6.54 Å². The second-order valence-corrected chi connectivity index (χ2v) is 4.61. The average Bonchev–Trinajstić information content (AvgIpc) is 2.83. The molecule has 0 bridgehead atoms. The Bertz CT molecular complexity index is 511. The van der Waals surface area contributed by atoms with Crippen molar-refractivity contribution in [1.82, 2.24) is 9.78 Å². The predicted molar refractivity (Wildman–Crippen MR) is 68.1 cm³/mol. The van der Waals surface area contributed by atoms with Crippen molar-refractivity contribution in [3.05, 3.63) is 47.3 Å². The number of nitrogens with two attached hydrogens (primary N) is 1. The van der Waals surface area contributed by atoms with Crippen LogP contribution in [-0.4, -0.2) is 9.78 Å². The molecule has 0 saturated carbocycles. The van der Waals surface area contributed by atoms with E-state index in [4.69, 9.17) is 5.73 Å². The van der Waals surface area contributed by atoms with Crippen LogP contribution < -0.4 is 5.73 Å². The summed E-state index contributed by atoms with van der Waals surface area (Å²) in [5, 5.41) is 4.51. The van der Waals surface area contributed by atoms with E-state index in [-0.39, 0.29) is 0 Å². The first-order valence-electron chi connectivity index (χ1n) is 6.23. The van der Waals surface area contributed by atoms with Gasteiger partial charge in [-0.15, -0.1) is 0 Å². The molecule has 88 valence electrons. The Morgan fingerprint density at radius 1 is 1.12 bits per heavy atom. The van der Waals surface area contributed by atoms with Gasteiger partial charge in [-0.05, 0) is 48.9 Å². The zero-order valence-electron chi connectivity index (χ0n) is 9.89. The lowest BCUT2D eigenvalue weighted by Gasteiger charge is -2.14. The molecule has 2 aromatic rings. The molecule has 1 heterocycles. The van der Waals surface area contributed by atoms with E-state index >= 15 is 0 Å². The van der Waals surface area contributed by atoms with Gasteiger partial charge in [0.1, 0.15) is 0 Å². The molecule has 0 radical (unpaired) electrons. The smallest absolute Gasteiger partial charge is 0.0649 e. The zero-order chi connectivity index (χ0) is 11.7. The molecular weight excluding hydrogens is 210 g/mol. The van der Waals surface area contributed by atoms with Gasteiger partial charge in [0.05, 0.1) is 11.9 Å². The first kappa shape index (κ1) is 10.5. The van der Waals surface area contributed by atoms with Crippen LogP contribution in [0.4, 0.5) is 0 Å². The van der Waals surface area contributed by atoms with Gasteiger partial charge in [-0.1, -0.05) is 12.1 Å². The molecule has 0 fully saturated rings. The van der Waals surface area contributed by atoms with Crippen LogP contribution in [0.2, 0.25) is 0 Å². The molecule has 0 unspecified atom stereocenters. The van der Waals surface area contributed by atoms with Crippen molar-refractivity contribution < 1.29 is 0 Å². The van der Waals surface area contributed by atoms with Crippen molar-refractivity contribution in [2.75, 3.05) is 0 Å². The third-order valence-corrected chi connectivity index (χ3v) is 3.48. The Hall–Kier alpha value is -1.61. The number of nitrogens with zero attached hydrogens (tertiary/aromatic N) is 2. The Kier molecular flexibility index (Phi) is 2.69. The summed E-state index contributed by atoms with van der Waals surface area (Å²) in [5.74, 6) is 0. The molecule has 3 nitrogen and oxygen atoms in total. The van der Waals surface area contributed by atoms with Crippen LogP contribution in [0.15, 0.2) is 30.5 Å². The minimum atomic E-state index is 0.595. The predicted octanol–water partition coefficient (Wildman–Crippen LogP) is 2.21. The molecule has 1 aliphatic carbocycles. The summed E-state index contributed by atoms with van der Waals surface area (Å²) >= 11 is 0. The summed E-state index contributed by atoms with van der Waals surface area (Å²) in [7, 11) is 0. The summed E-state index contributed by atoms with van der Waals surface area (Å²) in [4.78, 5) is 0. The summed E-state index contributed by atoms with van der Waals surface area (Å²) in [6.07, 6.45) is 6.92. The summed E-state index contributed by atoms with van der Waals surface area (Å²) < 4.78 is 2.08. The van der Waals surface area contributed by atoms with Gasteiger partial charge in [0.2, 0.25) is 0 Å². The molecular formula is C14H17N3. The fourth-order valence-corrected chi connectivity index (χ4v) is 2.49. The highest BCUT2D eigenvalue weighted by molar-refractivity contribution is 5.37. The van der Waals surface area contributed by atoms with Crippen LogP contribution in [0.3, 0.4) is 0 Å². The van der Waals surface area contributed by atoms with Crippen molar-refractivity contribution in [2.24, 2.45) is 5.73 Å². The van der Waals surface area contributed by atoms with Crippen LogP contribution >= 0.6 is 0 Å². The molecule has 1 aromatic heterocycles. The Balaban J connectivity index is 2.00. The Morgan fingerprint density at radius 3 is 2.65 bits per heavy atom. The SMILES string of the molecule is NCc1ccc(-n2ncc3c2CCCC3)cc1. The van der Waals surface area contributed by atoms with E-state index < -0.39 is 0 Å². The lowest BCUT2D eigenvalue weighted by Crippen LogP contribution is -2.08. The maximum Gasteiger partial charge on any atom is 0.0649 e. The molecule has 3 heteroatoms. The van der Waals surface area contributed by atoms with Crippen molar-refractivity contribution in [1.29, 1.82) is 0 Å². The third kappa shape index (κ3) is 1.87. The van der Waals surface area contributed by atoms with Gasteiger partial charge in [0, 0.05) is 12.2 Å². The lowest BCUT2D eigenvalue weighted by atomic mass is 9.98. The monoisotopic (exact) mass is 227 g/mol. The molecule has 0 aliphatic heterocycles. The van der Waals surface area contributed by atoms with Gasteiger partial charge in [-0.2, -0.15) is 5.10 Å². The number of rotatable bonds is 2. The minimum Gasteiger partial charge on any atom is -0.326 e. The first-order chi connectivity index (χ1) is 8.38. The molecule has 0 saturated heterocycles. The zero-order valence-corrected chi connectivity index (χ0v) is 9.89. The van der Waals surface area contributed by atoms with Gasteiger partial charge >= 0.3 is 0 Å². The van der Waals surface area contributed by atoms with Gasteiger partial charge in [0.15, 0.2) is 0 Å². The van der Waals surface area contributed by atoms with E-state index in [2.05, 4.69) is 34.0 Å². The Morgan fingerprint density at radius 2 is 1.88 bits per heavy atom. The van der Waals surface area contributed by atoms with Gasteiger partial charge < -0.3 is 5.73 Å². The van der Waals surface area contributed by atoms with Gasteiger partial charge in [-0.3, -0.25) is 0 Å². The highest BCUT2D eigenvalue weighted by Crippen LogP contribution is 2.23. The van der Waals surface area contributed by atoms with Crippen molar-refractivity contribution in [2.45, 2.75) is 32.2 Å². The number of fused-ring (bicyclic) bond motifs is 1. The first-order valence-corrected chi connectivity index (χ1v) is 6.23. The maximum atomic E-state index is 5.61. The van der Waals surface area contributed by atoms with E-state index in [1.807, 2.05) is 6.20 Å². The number of aryl methyl sites for hydroxylation is 1. The molecule has 1 aromatic carbocycles. The van der Waals surface area contributed by atoms with Gasteiger partial charge in [0.25, 0.3) is 0 Å². The van der Waals surface area contributed by atoms with Gasteiger partial charge in [-0.25, -0.2) is 4.68 Å². The number of benzene rings is 1. The van der Waals surface area contributed by atoms with E-state index in [9.17, 15) is 0 Å². The fraction of sp³-hybridized carbons (Fsp3) is 0.357. The normalized spacial score (nSPS) is 14.6. The second kappa shape index (κ2) is 4.34. The minimum absolute atomic E-state index is 0.595. The fourth-order valence-electron chi connectivity index (χ4n) is 2.49. The van der Waals surface area contributed by atoms with E-state index in [1.165, 1.54) is 30.5 Å². The summed E-state index contributed by atoms with van der Waals surface area (Å²) in [6, 6.07) is 8.35. The topological polar surface area (TPSA) is 43.8 Å². The molecule has 2 N–H and O–H groups in total. The second-order valence-electron chi connectivity index (χ2n) is 4.61. The molecule has 0 amide bonds. The molecule has 3 rings (SSSR count). The van der Waals surface area contributed by atoms with Crippen molar-refractivity contribution >= 4 is 0 Å². The summed E-state index contributed by atoms with van der Waals surface area (Å²) in [5.41, 5.74) is 10.7. The average molecular weight is 227 g/mol. The lowest BCUT2D eigenvalue weighted by molar-refractivity contribution is 0.653. The Labute approximate surface area is 101 Å². The largest absolute Gasteiger partial charge is 0.326 e. The standard InChI is InChI=1S/C14H17N3/c15-9-11-5-7-13(8-6-11)17-14-4-2-1-3-12(14)10-16-17/h5-8,10H,1-4,9,15H2. The quantitative estimate of drug-likeness (QED) is 0.854. The highest BCUT2D eigenvalue weighted by Gasteiger charge is 2.15. The van der Waals surface area contributed by atoms with Crippen LogP contribution in [0.25, 0.3) is 5.69 Å². The van der Waals surface area contributed by atoms with Crippen LogP contribution in [0, 0.1) is 0 Å². The summed E-state index contributed by atoms with van der Waals surface area (Å²) in [6.45, 7) is 0.595. The highest BCUT2D eigenvalue weighted by atomic mass is 15.3. The molecule has 17 heavy (non-hydrogen) atoms. The van der Waals surface area contributed by atoms with Crippen LogP contribution in [0.1, 0.15) is 29.7 Å². The van der Waals surface area contributed by atoms with E-state index in [0.717, 1.165) is 17.7 Å². The third-order valence-electron chi connectivity index (χ3n) is 3.48. The number of aromatic nitrogens is 2. The molecule has 0 spiro atoms. The van der Waals surface area contributed by atoms with Crippen molar-refractivity contribution in [3.8, 4) is 5.69 Å². The van der Waals surface area contributed by atoms with E-state index in [1.54, 1.807) is 0 Å². The maximum absolute atomic E-state index is 5.61. The number of hydrogen-bond donors (Lipinski definition) is 1. The molecule has 1 aliphatic rings. The number of hydrogen-bond acceptors (Lipinski definition) is 2. The van der Waals surface area contributed by atoms with Crippen molar-refractivity contribution in [3.63, 3.8) is 0 Å². The van der Waals surface area contributed by atoms with Crippen LogP contribution in [0.5, 0.6) is 0 Å². The van der Waals surface area contributed by atoms with Crippen LogP contribution in [-0.2, 0) is 19.4 Å². The molecule has 0 atom stereocenters.